The number of rotatable bonds is 4. The summed E-state index contributed by atoms with van der Waals surface area (Å²) in [5.41, 5.74) is 8.33. The van der Waals surface area contributed by atoms with Gasteiger partial charge in [-0.15, -0.1) is 0 Å². The van der Waals surface area contributed by atoms with Crippen LogP contribution in [-0.2, 0) is 6.54 Å². The summed E-state index contributed by atoms with van der Waals surface area (Å²) in [6.07, 6.45) is 0. The van der Waals surface area contributed by atoms with Crippen LogP contribution < -0.4 is 5.32 Å². The van der Waals surface area contributed by atoms with E-state index in [-0.39, 0.29) is 5.82 Å². The molecular formula is C19H24FN. The van der Waals surface area contributed by atoms with Gasteiger partial charge in [0.15, 0.2) is 0 Å². The number of hydrogen-bond acceptors (Lipinski definition) is 1. The lowest BCUT2D eigenvalue weighted by molar-refractivity contribution is 0.626. The minimum absolute atomic E-state index is 0.178. The maximum atomic E-state index is 13.8. The van der Waals surface area contributed by atoms with Crippen LogP contribution in [0.4, 0.5) is 4.39 Å². The van der Waals surface area contributed by atoms with Crippen LogP contribution in [0, 0.1) is 33.5 Å². The van der Waals surface area contributed by atoms with Crippen LogP contribution in [-0.4, -0.2) is 6.54 Å². The third kappa shape index (κ3) is 3.16. The zero-order valence-corrected chi connectivity index (χ0v) is 13.6. The summed E-state index contributed by atoms with van der Waals surface area (Å²) in [6.45, 7) is 12.2. The average molecular weight is 285 g/mol. The maximum absolute atomic E-state index is 13.8. The molecule has 0 unspecified atom stereocenters. The highest BCUT2D eigenvalue weighted by Crippen LogP contribution is 2.34. The number of nitrogens with one attached hydrogen (secondary N) is 1. The fraction of sp³-hybridized carbons (Fsp3) is 0.368. The van der Waals surface area contributed by atoms with Gasteiger partial charge in [0.2, 0.25) is 0 Å². The van der Waals surface area contributed by atoms with Crippen LogP contribution >= 0.6 is 0 Å². The molecule has 0 radical (unpaired) electrons. The second kappa shape index (κ2) is 6.40. The molecule has 0 amide bonds. The van der Waals surface area contributed by atoms with Crippen molar-refractivity contribution in [3.63, 3.8) is 0 Å². The van der Waals surface area contributed by atoms with Crippen LogP contribution in [0.1, 0.15) is 34.7 Å². The summed E-state index contributed by atoms with van der Waals surface area (Å²) in [4.78, 5) is 0. The monoisotopic (exact) mass is 285 g/mol. The predicted octanol–water partition coefficient (Wildman–Crippen LogP) is 4.84. The van der Waals surface area contributed by atoms with Crippen LogP contribution in [0.5, 0.6) is 0 Å². The Morgan fingerprint density at radius 2 is 1.57 bits per heavy atom. The lowest BCUT2D eigenvalue weighted by Gasteiger charge is -2.19. The fourth-order valence-electron chi connectivity index (χ4n) is 2.82. The van der Waals surface area contributed by atoms with Crippen molar-refractivity contribution >= 4 is 0 Å². The molecule has 0 bridgehead atoms. The molecule has 0 saturated carbocycles. The van der Waals surface area contributed by atoms with Gasteiger partial charge in [-0.2, -0.15) is 0 Å². The summed E-state index contributed by atoms with van der Waals surface area (Å²) >= 11 is 0. The first-order valence-corrected chi connectivity index (χ1v) is 7.52. The van der Waals surface area contributed by atoms with E-state index in [0.29, 0.717) is 0 Å². The van der Waals surface area contributed by atoms with Crippen molar-refractivity contribution in [2.75, 3.05) is 6.54 Å². The highest BCUT2D eigenvalue weighted by molar-refractivity contribution is 5.76. The zero-order chi connectivity index (χ0) is 15.6. The largest absolute Gasteiger partial charge is 0.313 e. The molecule has 1 N–H and O–H groups in total. The van der Waals surface area contributed by atoms with Crippen molar-refractivity contribution in [2.45, 2.75) is 41.2 Å². The van der Waals surface area contributed by atoms with Gasteiger partial charge >= 0.3 is 0 Å². The SMILES string of the molecule is CCNCc1ccc(F)cc1-c1c(C)c(C)cc(C)c1C. The Labute approximate surface area is 127 Å². The molecule has 21 heavy (non-hydrogen) atoms. The average Bonchev–Trinajstić information content (AvgIpc) is 2.45. The summed E-state index contributed by atoms with van der Waals surface area (Å²) < 4.78 is 13.8. The summed E-state index contributed by atoms with van der Waals surface area (Å²) in [6, 6.07) is 7.31. The van der Waals surface area contributed by atoms with E-state index in [9.17, 15) is 4.39 Å². The molecule has 2 heteroatoms. The second-order valence-corrected chi connectivity index (χ2v) is 5.72. The highest BCUT2D eigenvalue weighted by Gasteiger charge is 2.14. The number of hydrogen-bond donors (Lipinski definition) is 1. The minimum atomic E-state index is -0.178. The van der Waals surface area contributed by atoms with Gasteiger partial charge in [-0.3, -0.25) is 0 Å². The molecule has 0 aliphatic heterocycles. The molecule has 0 heterocycles. The van der Waals surface area contributed by atoms with Gasteiger partial charge in [-0.05, 0) is 85.3 Å². The summed E-state index contributed by atoms with van der Waals surface area (Å²) in [7, 11) is 0. The first kappa shape index (κ1) is 15.7. The smallest absolute Gasteiger partial charge is 0.123 e. The van der Waals surface area contributed by atoms with Crippen LogP contribution in [0.2, 0.25) is 0 Å². The Hall–Kier alpha value is -1.67. The third-order valence-corrected chi connectivity index (χ3v) is 4.27. The molecule has 2 rings (SSSR count). The quantitative estimate of drug-likeness (QED) is 0.848. The topological polar surface area (TPSA) is 12.0 Å². The zero-order valence-electron chi connectivity index (χ0n) is 13.6. The van der Waals surface area contributed by atoms with E-state index in [0.717, 1.165) is 24.2 Å². The van der Waals surface area contributed by atoms with Crippen LogP contribution in [0.3, 0.4) is 0 Å². The van der Waals surface area contributed by atoms with Gasteiger partial charge < -0.3 is 5.32 Å². The van der Waals surface area contributed by atoms with E-state index < -0.39 is 0 Å². The van der Waals surface area contributed by atoms with Crippen molar-refractivity contribution in [1.29, 1.82) is 0 Å². The molecule has 112 valence electrons. The molecule has 0 fully saturated rings. The molecule has 0 aromatic heterocycles. The predicted molar refractivity (Wildman–Crippen MR) is 88.2 cm³/mol. The Balaban J connectivity index is 2.68. The molecule has 0 aliphatic carbocycles. The molecule has 1 nitrogen and oxygen atoms in total. The van der Waals surface area contributed by atoms with Gasteiger partial charge in [-0.1, -0.05) is 19.1 Å². The van der Waals surface area contributed by atoms with Crippen LogP contribution in [0.25, 0.3) is 11.1 Å². The normalized spacial score (nSPS) is 11.0. The van der Waals surface area contributed by atoms with E-state index >= 15 is 0 Å². The third-order valence-electron chi connectivity index (χ3n) is 4.27. The molecule has 0 saturated heterocycles. The van der Waals surface area contributed by atoms with Gasteiger partial charge in [0.1, 0.15) is 5.82 Å². The van der Waals surface area contributed by atoms with Gasteiger partial charge in [0, 0.05) is 6.54 Å². The number of benzene rings is 2. The van der Waals surface area contributed by atoms with Gasteiger partial charge in [0.05, 0.1) is 0 Å². The Kier molecular flexibility index (Phi) is 4.79. The minimum Gasteiger partial charge on any atom is -0.313 e. The number of aryl methyl sites for hydroxylation is 2. The van der Waals surface area contributed by atoms with Crippen molar-refractivity contribution < 1.29 is 4.39 Å². The standard InChI is InChI=1S/C19H24FN/c1-6-21-11-16-7-8-17(20)10-18(16)19-14(4)12(2)9-13(3)15(19)5/h7-10,21H,6,11H2,1-5H3. The van der Waals surface area contributed by atoms with Gasteiger partial charge in [-0.25, -0.2) is 4.39 Å². The van der Waals surface area contributed by atoms with Gasteiger partial charge in [0.25, 0.3) is 0 Å². The summed E-state index contributed by atoms with van der Waals surface area (Å²) in [5, 5.41) is 3.34. The summed E-state index contributed by atoms with van der Waals surface area (Å²) in [5.74, 6) is -0.178. The highest BCUT2D eigenvalue weighted by atomic mass is 19.1. The molecule has 0 atom stereocenters. The van der Waals surface area contributed by atoms with E-state index in [1.807, 2.05) is 6.07 Å². The lowest BCUT2D eigenvalue weighted by Crippen LogP contribution is -2.13. The number of halogens is 1. The van der Waals surface area contributed by atoms with Crippen molar-refractivity contribution in [3.05, 3.63) is 57.9 Å². The molecule has 2 aromatic carbocycles. The first-order valence-electron chi connectivity index (χ1n) is 7.52. The van der Waals surface area contributed by atoms with Crippen molar-refractivity contribution in [1.82, 2.24) is 5.32 Å². The van der Waals surface area contributed by atoms with E-state index in [2.05, 4.69) is 46.0 Å². The van der Waals surface area contributed by atoms with E-state index in [4.69, 9.17) is 0 Å². The fourth-order valence-corrected chi connectivity index (χ4v) is 2.82. The van der Waals surface area contributed by atoms with E-state index in [1.165, 1.54) is 27.8 Å². The van der Waals surface area contributed by atoms with E-state index in [1.54, 1.807) is 12.1 Å². The second-order valence-electron chi connectivity index (χ2n) is 5.72. The van der Waals surface area contributed by atoms with Crippen molar-refractivity contribution in [2.24, 2.45) is 0 Å². The Bertz CT molecular complexity index is 633. The molecule has 0 spiro atoms. The first-order chi connectivity index (χ1) is 9.95. The Morgan fingerprint density at radius 3 is 2.14 bits per heavy atom. The Morgan fingerprint density at radius 1 is 0.952 bits per heavy atom. The lowest BCUT2D eigenvalue weighted by atomic mass is 9.87. The molecule has 2 aromatic rings. The van der Waals surface area contributed by atoms with Crippen molar-refractivity contribution in [3.8, 4) is 11.1 Å². The maximum Gasteiger partial charge on any atom is 0.123 e. The molecule has 0 aliphatic rings. The molecular weight excluding hydrogens is 261 g/mol. The van der Waals surface area contributed by atoms with Crippen LogP contribution in [0.15, 0.2) is 24.3 Å².